The molecule has 0 fully saturated rings. The normalized spacial score (nSPS) is 25.2. The van der Waals surface area contributed by atoms with Gasteiger partial charge in [-0.1, -0.05) is 49.3 Å². The lowest BCUT2D eigenvalue weighted by molar-refractivity contribution is 0.652. The Bertz CT molecular complexity index is 184. The number of hydrogen-bond acceptors (Lipinski definition) is 0. The van der Waals surface area contributed by atoms with Crippen molar-refractivity contribution in [3.63, 3.8) is 0 Å². The molecule has 0 nitrogen and oxygen atoms in total. The van der Waals surface area contributed by atoms with Crippen molar-refractivity contribution in [2.24, 2.45) is 0 Å². The van der Waals surface area contributed by atoms with Crippen LogP contribution in [0.1, 0.15) is 44.9 Å². The number of hydrogen-bond donors (Lipinski definition) is 0. The van der Waals surface area contributed by atoms with E-state index in [1.165, 1.54) is 38.5 Å². The van der Waals surface area contributed by atoms with Gasteiger partial charge in [0.25, 0.3) is 0 Å². The molecule has 13 heavy (non-hydrogen) atoms. The summed E-state index contributed by atoms with van der Waals surface area (Å²) >= 11 is 0. The van der Waals surface area contributed by atoms with Gasteiger partial charge in [0.15, 0.2) is 0 Å². The molecule has 0 N–H and O–H groups in total. The van der Waals surface area contributed by atoms with Crippen LogP contribution in [0.15, 0.2) is 36.5 Å². The van der Waals surface area contributed by atoms with Crippen molar-refractivity contribution in [3.8, 4) is 0 Å². The summed E-state index contributed by atoms with van der Waals surface area (Å²) in [6.45, 7) is 0. The Morgan fingerprint density at radius 2 is 1.23 bits per heavy atom. The van der Waals surface area contributed by atoms with Gasteiger partial charge in [-0.15, -0.1) is 0 Å². The summed E-state index contributed by atoms with van der Waals surface area (Å²) in [6.07, 6.45) is 22.5. The molecule has 0 aromatic rings. The molecule has 0 radical (unpaired) electrons. The maximum atomic E-state index is 2.31. The molecule has 1 rings (SSSR count). The highest BCUT2D eigenvalue weighted by Crippen LogP contribution is 2.07. The molecule has 1 aliphatic carbocycles. The Morgan fingerprint density at radius 3 is 2.08 bits per heavy atom. The van der Waals surface area contributed by atoms with Gasteiger partial charge in [-0.05, 0) is 32.1 Å². The zero-order chi connectivity index (χ0) is 9.19. The van der Waals surface area contributed by atoms with E-state index in [0.717, 1.165) is 6.42 Å². The SMILES string of the molecule is C1=CCCCCCC/C=C\C=C\C1. The Kier molecular flexibility index (Phi) is 6.22. The molecular weight excluding hydrogens is 156 g/mol. The second-order valence-electron chi connectivity index (χ2n) is 3.55. The van der Waals surface area contributed by atoms with Crippen molar-refractivity contribution in [1.82, 2.24) is 0 Å². The molecule has 0 aromatic carbocycles. The van der Waals surface area contributed by atoms with Gasteiger partial charge in [-0.25, -0.2) is 0 Å². The monoisotopic (exact) mass is 176 g/mol. The minimum Gasteiger partial charge on any atom is -0.0882 e. The van der Waals surface area contributed by atoms with Crippen LogP contribution in [0.2, 0.25) is 0 Å². The van der Waals surface area contributed by atoms with E-state index < -0.39 is 0 Å². The largest absolute Gasteiger partial charge is 0.0882 e. The molecule has 72 valence electrons. The first-order valence-electron chi connectivity index (χ1n) is 5.47. The summed E-state index contributed by atoms with van der Waals surface area (Å²) in [5.41, 5.74) is 0. The Balaban J connectivity index is 2.29. The van der Waals surface area contributed by atoms with Gasteiger partial charge in [0.05, 0.1) is 0 Å². The van der Waals surface area contributed by atoms with E-state index in [0.29, 0.717) is 0 Å². The third kappa shape index (κ3) is 6.39. The number of allylic oxidation sites excluding steroid dienone is 6. The summed E-state index contributed by atoms with van der Waals surface area (Å²) in [5, 5.41) is 0. The maximum absolute atomic E-state index is 2.31. The van der Waals surface area contributed by atoms with E-state index in [9.17, 15) is 0 Å². The van der Waals surface area contributed by atoms with Crippen LogP contribution in [0.3, 0.4) is 0 Å². The lowest BCUT2D eigenvalue weighted by atomic mass is 10.1. The van der Waals surface area contributed by atoms with Gasteiger partial charge in [-0.2, -0.15) is 0 Å². The average Bonchev–Trinajstić information content (AvgIpc) is 2.18. The van der Waals surface area contributed by atoms with Crippen molar-refractivity contribution in [2.75, 3.05) is 0 Å². The van der Waals surface area contributed by atoms with Crippen LogP contribution in [0.5, 0.6) is 0 Å². The second-order valence-corrected chi connectivity index (χ2v) is 3.55. The topological polar surface area (TPSA) is 0 Å². The molecule has 0 atom stereocenters. The van der Waals surface area contributed by atoms with Crippen LogP contribution < -0.4 is 0 Å². The Hall–Kier alpha value is -0.780. The molecule has 0 unspecified atom stereocenters. The Morgan fingerprint density at radius 1 is 0.538 bits per heavy atom. The van der Waals surface area contributed by atoms with Gasteiger partial charge in [0.2, 0.25) is 0 Å². The van der Waals surface area contributed by atoms with Crippen LogP contribution in [-0.4, -0.2) is 0 Å². The predicted molar refractivity (Wildman–Crippen MR) is 59.7 cm³/mol. The standard InChI is InChI=1S/C13H20/c1-2-4-6-8-10-12-13-11-9-7-5-3-1/h1-4,7,9H,5-6,8,10-13H2/b3-1+,4-2-,9-7?. The predicted octanol–water partition coefficient (Wildman–Crippen LogP) is 4.40. The van der Waals surface area contributed by atoms with Crippen molar-refractivity contribution < 1.29 is 0 Å². The molecular formula is C13H20. The third-order valence-electron chi connectivity index (χ3n) is 2.31. The third-order valence-corrected chi connectivity index (χ3v) is 2.31. The fourth-order valence-electron chi connectivity index (χ4n) is 1.50. The van der Waals surface area contributed by atoms with Crippen LogP contribution >= 0.6 is 0 Å². The highest BCUT2D eigenvalue weighted by Gasteiger charge is 1.87. The smallest absolute Gasteiger partial charge is 0.0166 e. The molecule has 0 heteroatoms. The van der Waals surface area contributed by atoms with E-state index in [1.54, 1.807) is 0 Å². The van der Waals surface area contributed by atoms with E-state index in [1.807, 2.05) is 0 Å². The van der Waals surface area contributed by atoms with Crippen molar-refractivity contribution in [1.29, 1.82) is 0 Å². The molecule has 0 bridgehead atoms. The zero-order valence-electron chi connectivity index (χ0n) is 8.41. The first-order valence-corrected chi connectivity index (χ1v) is 5.47. The van der Waals surface area contributed by atoms with Gasteiger partial charge >= 0.3 is 0 Å². The zero-order valence-corrected chi connectivity index (χ0v) is 8.41. The van der Waals surface area contributed by atoms with Crippen LogP contribution in [-0.2, 0) is 0 Å². The van der Waals surface area contributed by atoms with Gasteiger partial charge in [0, 0.05) is 0 Å². The second kappa shape index (κ2) is 7.85. The van der Waals surface area contributed by atoms with E-state index >= 15 is 0 Å². The molecule has 0 amide bonds. The molecule has 0 saturated carbocycles. The first kappa shape index (κ1) is 10.3. The summed E-state index contributed by atoms with van der Waals surface area (Å²) in [7, 11) is 0. The first-order chi connectivity index (χ1) is 6.50. The van der Waals surface area contributed by atoms with Crippen molar-refractivity contribution in [2.45, 2.75) is 44.9 Å². The Labute approximate surface area is 82.0 Å². The van der Waals surface area contributed by atoms with Crippen LogP contribution in [0.4, 0.5) is 0 Å². The summed E-state index contributed by atoms with van der Waals surface area (Å²) in [6, 6.07) is 0. The van der Waals surface area contributed by atoms with Gasteiger partial charge in [0.1, 0.15) is 0 Å². The van der Waals surface area contributed by atoms with E-state index in [4.69, 9.17) is 0 Å². The van der Waals surface area contributed by atoms with E-state index in [-0.39, 0.29) is 0 Å². The highest BCUT2D eigenvalue weighted by atomic mass is 13.9. The maximum Gasteiger partial charge on any atom is -0.0166 e. The lowest BCUT2D eigenvalue weighted by Crippen LogP contribution is -1.76. The van der Waals surface area contributed by atoms with Crippen LogP contribution in [0, 0.1) is 0 Å². The summed E-state index contributed by atoms with van der Waals surface area (Å²) in [5.74, 6) is 0. The molecule has 1 aliphatic rings. The molecule has 0 aromatic heterocycles. The highest BCUT2D eigenvalue weighted by molar-refractivity contribution is 5.04. The summed E-state index contributed by atoms with van der Waals surface area (Å²) in [4.78, 5) is 0. The molecule has 0 saturated heterocycles. The lowest BCUT2D eigenvalue weighted by Gasteiger charge is -1.95. The van der Waals surface area contributed by atoms with Crippen molar-refractivity contribution in [3.05, 3.63) is 36.5 Å². The quantitative estimate of drug-likeness (QED) is 0.480. The fraction of sp³-hybridized carbons (Fsp3) is 0.538. The van der Waals surface area contributed by atoms with Crippen LogP contribution in [0.25, 0.3) is 0 Å². The molecule has 0 spiro atoms. The van der Waals surface area contributed by atoms with Crippen molar-refractivity contribution >= 4 is 0 Å². The van der Waals surface area contributed by atoms with Gasteiger partial charge < -0.3 is 0 Å². The number of rotatable bonds is 0. The minimum atomic E-state index is 1.09. The molecule has 0 aliphatic heterocycles. The average molecular weight is 176 g/mol. The minimum absolute atomic E-state index is 1.09. The fourth-order valence-corrected chi connectivity index (χ4v) is 1.50. The van der Waals surface area contributed by atoms with E-state index in [2.05, 4.69) is 36.5 Å². The van der Waals surface area contributed by atoms with Gasteiger partial charge in [-0.3, -0.25) is 0 Å². The summed E-state index contributed by atoms with van der Waals surface area (Å²) < 4.78 is 0. The molecule has 0 heterocycles.